The molecule has 2 fully saturated rings. The van der Waals surface area contributed by atoms with Crippen molar-refractivity contribution in [3.8, 4) is 0 Å². The molecule has 0 aliphatic carbocycles. The van der Waals surface area contributed by atoms with Crippen molar-refractivity contribution in [3.63, 3.8) is 0 Å². The molecule has 0 spiro atoms. The highest BCUT2D eigenvalue weighted by Gasteiger charge is 2.47. The van der Waals surface area contributed by atoms with E-state index in [9.17, 15) is 9.59 Å². The van der Waals surface area contributed by atoms with Crippen LogP contribution in [-0.2, 0) is 20.7 Å². The van der Waals surface area contributed by atoms with E-state index in [4.69, 9.17) is 9.84 Å². The minimum absolute atomic E-state index is 0.129. The van der Waals surface area contributed by atoms with Crippen molar-refractivity contribution in [2.45, 2.75) is 83.3 Å². The standard InChI is InChI=1S/C28H39NO4/c1-21(19-23(30)20-22-11-5-4-6-12-22)29-18-10-9-14-25-24(26-16-17-27(25)33-26)13-7-2-3-8-15-28(31)32/h2,4-7,11-12,19,24-27,29H,3,8-10,13-18,20H2,1H3,(H,31,32)/b7-2-,21-19?/t24-,25+,26-,27+/m0/s1. The summed E-state index contributed by atoms with van der Waals surface area (Å²) in [5.41, 5.74) is 1.98. The van der Waals surface area contributed by atoms with Crippen molar-refractivity contribution in [1.29, 1.82) is 0 Å². The van der Waals surface area contributed by atoms with Crippen LogP contribution in [0.25, 0.3) is 0 Å². The Morgan fingerprint density at radius 3 is 2.58 bits per heavy atom. The number of carboxylic acids is 1. The fourth-order valence-corrected chi connectivity index (χ4v) is 5.27. The number of hydrogen-bond acceptors (Lipinski definition) is 4. The molecular weight excluding hydrogens is 414 g/mol. The Morgan fingerprint density at radius 1 is 1.06 bits per heavy atom. The molecule has 5 heteroatoms. The molecule has 0 unspecified atom stereocenters. The second-order valence-corrected chi connectivity index (χ2v) is 9.49. The van der Waals surface area contributed by atoms with Gasteiger partial charge >= 0.3 is 5.97 Å². The van der Waals surface area contributed by atoms with Crippen LogP contribution in [0.1, 0.15) is 70.3 Å². The molecule has 0 amide bonds. The predicted molar refractivity (Wildman–Crippen MR) is 131 cm³/mol. The van der Waals surface area contributed by atoms with E-state index in [-0.39, 0.29) is 12.2 Å². The molecule has 2 saturated heterocycles. The van der Waals surface area contributed by atoms with Crippen LogP contribution < -0.4 is 5.32 Å². The highest BCUT2D eigenvalue weighted by molar-refractivity contribution is 5.91. The molecule has 0 aromatic heterocycles. The summed E-state index contributed by atoms with van der Waals surface area (Å²) in [6.45, 7) is 2.85. The molecule has 2 aliphatic rings. The number of nitrogens with one attached hydrogen (secondary N) is 1. The fraction of sp³-hybridized carbons (Fsp3) is 0.571. The van der Waals surface area contributed by atoms with Crippen molar-refractivity contribution in [1.82, 2.24) is 5.32 Å². The minimum Gasteiger partial charge on any atom is -0.481 e. The summed E-state index contributed by atoms with van der Waals surface area (Å²) < 4.78 is 6.22. The molecule has 3 rings (SSSR count). The first kappa shape index (κ1) is 25.2. The zero-order valence-electron chi connectivity index (χ0n) is 19.9. The van der Waals surface area contributed by atoms with Gasteiger partial charge in [0, 0.05) is 31.2 Å². The molecule has 2 N–H and O–H groups in total. The zero-order chi connectivity index (χ0) is 23.5. The van der Waals surface area contributed by atoms with E-state index in [1.54, 1.807) is 6.08 Å². The summed E-state index contributed by atoms with van der Waals surface area (Å²) in [5, 5.41) is 12.1. The molecule has 1 aromatic carbocycles. The molecule has 4 atom stereocenters. The number of allylic oxidation sites excluding steroid dienone is 4. The third-order valence-electron chi connectivity index (χ3n) is 6.89. The van der Waals surface area contributed by atoms with Crippen LogP contribution >= 0.6 is 0 Å². The van der Waals surface area contributed by atoms with Crippen LogP contribution in [-0.4, -0.2) is 35.6 Å². The van der Waals surface area contributed by atoms with Crippen LogP contribution in [0.5, 0.6) is 0 Å². The Morgan fingerprint density at radius 2 is 1.82 bits per heavy atom. The second-order valence-electron chi connectivity index (χ2n) is 9.49. The molecule has 180 valence electrons. The van der Waals surface area contributed by atoms with Gasteiger partial charge in [-0.05, 0) is 69.3 Å². The van der Waals surface area contributed by atoms with Crippen LogP contribution in [0.15, 0.2) is 54.3 Å². The monoisotopic (exact) mass is 453 g/mol. The van der Waals surface area contributed by atoms with Crippen molar-refractivity contribution in [2.24, 2.45) is 11.8 Å². The first-order valence-corrected chi connectivity index (χ1v) is 12.5. The van der Waals surface area contributed by atoms with Gasteiger partial charge in [-0.15, -0.1) is 0 Å². The summed E-state index contributed by atoms with van der Waals surface area (Å²) in [4.78, 5) is 22.8. The number of carbonyl (C=O) groups is 2. The number of carbonyl (C=O) groups excluding carboxylic acids is 1. The number of ether oxygens (including phenoxy) is 1. The van der Waals surface area contributed by atoms with Gasteiger partial charge < -0.3 is 15.2 Å². The first-order valence-electron chi connectivity index (χ1n) is 12.5. The molecular formula is C28H39NO4. The van der Waals surface area contributed by atoms with E-state index in [1.807, 2.05) is 37.3 Å². The number of rotatable bonds is 15. The SMILES string of the molecule is CC(=CC(=O)Cc1ccccc1)NCCCC[C@@H]1[C@H](C/C=C\CCCC(=O)O)[C@@H]2CC[C@H]1O2. The van der Waals surface area contributed by atoms with Gasteiger partial charge in [0.15, 0.2) is 5.78 Å². The average molecular weight is 454 g/mol. The van der Waals surface area contributed by atoms with E-state index < -0.39 is 5.97 Å². The van der Waals surface area contributed by atoms with Crippen LogP contribution in [0, 0.1) is 11.8 Å². The van der Waals surface area contributed by atoms with E-state index >= 15 is 0 Å². The van der Waals surface area contributed by atoms with E-state index in [2.05, 4.69) is 17.5 Å². The predicted octanol–water partition coefficient (Wildman–Crippen LogP) is 5.46. The lowest BCUT2D eigenvalue weighted by Gasteiger charge is -2.27. The van der Waals surface area contributed by atoms with Crippen molar-refractivity contribution in [3.05, 3.63) is 59.8 Å². The van der Waals surface area contributed by atoms with Crippen molar-refractivity contribution in [2.75, 3.05) is 6.54 Å². The van der Waals surface area contributed by atoms with Crippen LogP contribution in [0.4, 0.5) is 0 Å². The van der Waals surface area contributed by atoms with Gasteiger partial charge in [0.2, 0.25) is 0 Å². The normalized spacial score (nSPS) is 24.5. The van der Waals surface area contributed by atoms with Gasteiger partial charge in [0.25, 0.3) is 0 Å². The van der Waals surface area contributed by atoms with Crippen LogP contribution in [0.3, 0.4) is 0 Å². The largest absolute Gasteiger partial charge is 0.481 e. The first-order chi connectivity index (χ1) is 16.0. The number of benzene rings is 1. The minimum atomic E-state index is -0.719. The topological polar surface area (TPSA) is 75.6 Å². The van der Waals surface area contributed by atoms with Gasteiger partial charge in [-0.25, -0.2) is 0 Å². The zero-order valence-corrected chi connectivity index (χ0v) is 19.9. The summed E-state index contributed by atoms with van der Waals surface area (Å²) in [5.74, 6) is 0.647. The summed E-state index contributed by atoms with van der Waals surface area (Å²) >= 11 is 0. The highest BCUT2D eigenvalue weighted by Crippen LogP contribution is 2.47. The molecule has 2 heterocycles. The maximum Gasteiger partial charge on any atom is 0.303 e. The van der Waals surface area contributed by atoms with E-state index in [0.717, 1.165) is 43.5 Å². The highest BCUT2D eigenvalue weighted by atomic mass is 16.5. The molecule has 0 saturated carbocycles. The maximum atomic E-state index is 12.2. The van der Waals surface area contributed by atoms with Gasteiger partial charge in [0.05, 0.1) is 12.2 Å². The van der Waals surface area contributed by atoms with Gasteiger partial charge in [0.1, 0.15) is 0 Å². The van der Waals surface area contributed by atoms with Gasteiger partial charge in [-0.3, -0.25) is 9.59 Å². The van der Waals surface area contributed by atoms with E-state index in [1.165, 1.54) is 19.3 Å². The Balaban J connectivity index is 1.33. The quantitative estimate of drug-likeness (QED) is 0.210. The van der Waals surface area contributed by atoms with Gasteiger partial charge in [-0.1, -0.05) is 48.9 Å². The number of carboxylic acid groups (broad SMARTS) is 1. The fourth-order valence-electron chi connectivity index (χ4n) is 5.27. The number of ketones is 1. The second kappa shape index (κ2) is 13.3. The number of fused-ring (bicyclic) bond motifs is 2. The molecule has 2 aliphatic heterocycles. The molecule has 2 bridgehead atoms. The number of aliphatic carboxylic acids is 1. The molecule has 1 aromatic rings. The van der Waals surface area contributed by atoms with Gasteiger partial charge in [-0.2, -0.15) is 0 Å². The summed E-state index contributed by atoms with van der Waals surface area (Å²) in [7, 11) is 0. The Labute approximate surface area is 198 Å². The number of hydrogen-bond donors (Lipinski definition) is 2. The van der Waals surface area contributed by atoms with Crippen molar-refractivity contribution >= 4 is 11.8 Å². The lowest BCUT2D eigenvalue weighted by molar-refractivity contribution is -0.137. The summed E-state index contributed by atoms with van der Waals surface area (Å²) in [6.07, 6.45) is 16.0. The number of unbranched alkanes of at least 4 members (excludes halogenated alkanes) is 2. The Bertz CT molecular complexity index is 816. The summed E-state index contributed by atoms with van der Waals surface area (Å²) in [6, 6.07) is 9.85. The van der Waals surface area contributed by atoms with E-state index in [0.29, 0.717) is 36.9 Å². The smallest absolute Gasteiger partial charge is 0.303 e. The molecule has 33 heavy (non-hydrogen) atoms. The third kappa shape index (κ3) is 8.47. The lowest BCUT2D eigenvalue weighted by Crippen LogP contribution is -2.27. The maximum absolute atomic E-state index is 12.2. The Kier molecular flexibility index (Phi) is 10.2. The molecule has 0 radical (unpaired) electrons. The van der Waals surface area contributed by atoms with Crippen LogP contribution in [0.2, 0.25) is 0 Å². The Hall–Kier alpha value is -2.40. The lowest BCUT2D eigenvalue weighted by atomic mass is 9.75. The molecule has 5 nitrogen and oxygen atoms in total. The van der Waals surface area contributed by atoms with Crippen molar-refractivity contribution < 1.29 is 19.4 Å². The average Bonchev–Trinajstić information content (AvgIpc) is 3.38. The third-order valence-corrected chi connectivity index (χ3v) is 6.89.